The Labute approximate surface area is 830 Å². The maximum atomic E-state index is 12.5. The molecule has 0 radical (unpaired) electrons. The van der Waals surface area contributed by atoms with Crippen LogP contribution in [0.5, 0.6) is 0 Å². The van der Waals surface area contributed by atoms with Crippen molar-refractivity contribution >= 4 is 169 Å². The molecule has 145 heavy (non-hydrogen) atoms. The average Bonchev–Trinajstić information content (AvgIpc) is 1.66. The van der Waals surface area contributed by atoms with Gasteiger partial charge in [0.2, 0.25) is 35.4 Å². The van der Waals surface area contributed by atoms with Gasteiger partial charge in [0.15, 0.2) is 34.7 Å². The van der Waals surface area contributed by atoms with Crippen molar-refractivity contribution in [3.8, 4) is 0 Å². The highest BCUT2D eigenvalue weighted by molar-refractivity contribution is 7.82. The molecule has 12 aliphatic heterocycles. The van der Waals surface area contributed by atoms with E-state index in [1.54, 1.807) is 56.3 Å². The number of amides is 18. The zero-order valence-corrected chi connectivity index (χ0v) is 83.7. The average molecular weight is 2190 g/mol. The Morgan fingerprint density at radius 2 is 0.593 bits per heavy atom. The largest absolute Gasteiger partial charge is 0.418 e. The van der Waals surface area contributed by atoms with Crippen molar-refractivity contribution in [1.29, 1.82) is 0 Å². The lowest BCUT2D eigenvalue weighted by atomic mass is 10.00. The van der Waals surface area contributed by atoms with Crippen LogP contribution in [0.1, 0.15) is 136 Å². The molecule has 16 N–H and O–H groups in total. The highest BCUT2D eigenvalue weighted by atomic mass is 32.3. The van der Waals surface area contributed by atoms with Gasteiger partial charge in [-0.25, -0.2) is 28.8 Å². The fourth-order valence-electron chi connectivity index (χ4n) is 16.9. The summed E-state index contributed by atoms with van der Waals surface area (Å²) in [5.41, 5.74) is 11.9. The quantitative estimate of drug-likeness (QED) is 0.0271. The zero-order chi connectivity index (χ0) is 108. The lowest BCUT2D eigenvalue weighted by Crippen LogP contribution is -2.51. The Morgan fingerprint density at radius 3 is 0.821 bits per heavy atom. The van der Waals surface area contributed by atoms with E-state index in [9.17, 15) is 137 Å². The molecule has 1 aromatic carbocycles. The third-order valence-electron chi connectivity index (χ3n) is 24.0. The van der Waals surface area contributed by atoms with E-state index in [0.29, 0.717) is 113 Å². The van der Waals surface area contributed by atoms with Crippen LogP contribution >= 0.6 is 0 Å². The molecule has 70 heteroatoms. The van der Waals surface area contributed by atoms with E-state index in [-0.39, 0.29) is 146 Å². The van der Waals surface area contributed by atoms with Gasteiger partial charge in [-0.15, -0.1) is 25.7 Å². The maximum absolute atomic E-state index is 12.5. The molecule has 12 aliphatic rings. The number of nitrogens with one attached hydrogen (secondary N) is 6. The van der Waals surface area contributed by atoms with Crippen LogP contribution in [0.4, 0.5) is 28.8 Å². The summed E-state index contributed by atoms with van der Waals surface area (Å²) < 4.78 is 212. The number of ether oxygens (including phenoxy) is 1. The van der Waals surface area contributed by atoms with E-state index in [0.717, 1.165) is 14.7 Å². The molecule has 18 amide bonds. The van der Waals surface area contributed by atoms with Crippen LogP contribution in [0.2, 0.25) is 0 Å². The minimum absolute atomic E-state index is 0.0733. The van der Waals surface area contributed by atoms with Gasteiger partial charge in [-0.1, -0.05) is 51.1 Å². The predicted molar refractivity (Wildman–Crippen MR) is 480 cm³/mol. The number of urea groups is 6. The van der Waals surface area contributed by atoms with E-state index in [1.165, 1.54) is 28.7 Å². The first-order valence-electron chi connectivity index (χ1n) is 44.5. The lowest BCUT2D eigenvalue weighted by molar-refractivity contribution is -0.129. The second-order valence-corrected chi connectivity index (χ2v) is 40.8. The SMILES string of the molecule is CCC(C)C(=O)CNC(=O)[C@@H]1CC[C@@H]2CN1C(=O)N2OS(=O)(=O)O.CCCC(=O)CNC(=O)[C@@H]1CC[C@@H]2CN1C(=O)N2OS(=O)(=O)O.CN(C)CC(=O)CNC(=O)[C@@H]1CC[C@@H]2CN1C(=O)N2OS(=O)(=O)O.COCC(=O)CNC(=O)[C@@H]1CC[C@@H]2CN1C(=O)N2OS(=O)(=O)O.C[C@@H](N)C(=O)CNC(=O)[C@@H]1CC[C@@H]2CN1C(=O)N2OS(=O)(=O)O.NC(C(=O)CNC(=O)[C@@H]1CC[C@@H]2CN1C(=O)N2OS(=O)(=O)O)c1ccccc1. The molecule has 13 rings (SSSR count). The molecule has 0 aromatic heterocycles. The Bertz CT molecular complexity index is 5640. The Kier molecular flexibility index (Phi) is 41.8. The summed E-state index contributed by atoms with van der Waals surface area (Å²) in [6, 6.07) is -6.12. The highest BCUT2D eigenvalue weighted by Gasteiger charge is 2.56. The van der Waals surface area contributed by atoms with Gasteiger partial charge in [0.25, 0.3) is 0 Å². The number of carbonyl (C=O) groups excluding carboxylic acids is 18. The van der Waals surface area contributed by atoms with Gasteiger partial charge >= 0.3 is 98.6 Å². The van der Waals surface area contributed by atoms with Crippen LogP contribution in [0.25, 0.3) is 0 Å². The molecule has 1 aromatic rings. The summed E-state index contributed by atoms with van der Waals surface area (Å²) in [5, 5.41) is 18.2. The molecular formula is C75H115N21O43S6. The molecule has 15 atom stereocenters. The summed E-state index contributed by atoms with van der Waals surface area (Å²) in [7, 11) is -24.1. The van der Waals surface area contributed by atoms with Gasteiger partial charge in [-0.3, -0.25) is 84.9 Å². The van der Waals surface area contributed by atoms with E-state index < -0.39 is 224 Å². The van der Waals surface area contributed by atoms with Crippen LogP contribution in [-0.4, -0.2) is 440 Å². The first-order chi connectivity index (χ1) is 67.4. The van der Waals surface area contributed by atoms with Crippen LogP contribution in [0.15, 0.2) is 30.3 Å². The number of rotatable bonds is 41. The van der Waals surface area contributed by atoms with Gasteiger partial charge in [-0.05, 0) is 116 Å². The molecule has 12 saturated heterocycles. The number of ketones is 6. The smallest absolute Gasteiger partial charge is 0.377 e. The molecule has 12 heterocycles. The summed E-state index contributed by atoms with van der Waals surface area (Å²) in [6.45, 7) is 6.53. The fourth-order valence-corrected chi connectivity index (χ4v) is 19.2. The van der Waals surface area contributed by atoms with E-state index >= 15 is 0 Å². The van der Waals surface area contributed by atoms with Gasteiger partial charge in [0.1, 0.15) is 42.9 Å². The normalized spacial score (nSPS) is 24.1. The number of Topliss-reactive ketones (excluding diaryl/α,β-unsaturated/α-hetero) is 6. The number of methoxy groups -OCH3 is 1. The third-order valence-corrected chi connectivity index (χ3v) is 26.1. The van der Waals surface area contributed by atoms with E-state index in [2.05, 4.69) is 62.3 Å². The number of nitrogens with two attached hydrogens (primary N) is 2. The molecule has 814 valence electrons. The van der Waals surface area contributed by atoms with Gasteiger partial charge in [0, 0.05) is 58.7 Å². The Morgan fingerprint density at radius 1 is 0.359 bits per heavy atom. The van der Waals surface area contributed by atoms with E-state index in [1.807, 2.05) is 13.8 Å². The molecular weight excluding hydrogens is 2080 g/mol. The minimum Gasteiger partial charge on any atom is -0.377 e. The second-order valence-electron chi connectivity index (χ2n) is 34.8. The van der Waals surface area contributed by atoms with Crippen molar-refractivity contribution in [2.24, 2.45) is 17.4 Å². The number of fused-ring (bicyclic) bond motifs is 12. The van der Waals surface area contributed by atoms with Crippen molar-refractivity contribution in [2.45, 2.75) is 209 Å². The third kappa shape index (κ3) is 33.9. The lowest BCUT2D eigenvalue weighted by Gasteiger charge is -2.29. The van der Waals surface area contributed by atoms with Crippen molar-refractivity contribution in [3.05, 3.63) is 35.9 Å². The van der Waals surface area contributed by atoms with Crippen LogP contribution < -0.4 is 43.4 Å². The van der Waals surface area contributed by atoms with Crippen LogP contribution in [-0.2, 0) is 150 Å². The summed E-state index contributed by atoms with van der Waals surface area (Å²) in [4.78, 5) is 225. The Hall–Kier alpha value is -11.3. The molecule has 12 fully saturated rings. The van der Waals surface area contributed by atoms with Gasteiger partial charge < -0.3 is 82.4 Å². The van der Waals surface area contributed by atoms with Crippen molar-refractivity contribution in [1.82, 2.24) is 96.6 Å². The number of hydrogen-bond acceptors (Lipinski definition) is 40. The first-order valence-corrected chi connectivity index (χ1v) is 52.7. The molecule has 12 bridgehead atoms. The number of nitrogens with zero attached hydrogens (tertiary/aromatic N) is 13. The number of piperidine rings is 6. The second kappa shape index (κ2) is 50.9. The maximum Gasteiger partial charge on any atom is 0.418 e. The predicted octanol–water partition coefficient (Wildman–Crippen LogP) is -6.85. The van der Waals surface area contributed by atoms with Crippen LogP contribution in [0, 0.1) is 5.92 Å². The summed E-state index contributed by atoms with van der Waals surface area (Å²) >= 11 is 0. The first kappa shape index (κ1) is 119. The highest BCUT2D eigenvalue weighted by Crippen LogP contribution is 2.38. The number of hydrogen-bond donors (Lipinski definition) is 14. The molecule has 2 unspecified atom stereocenters. The van der Waals surface area contributed by atoms with Gasteiger partial charge in [0.05, 0.1) is 94.1 Å². The monoisotopic (exact) mass is 2190 g/mol. The molecule has 0 saturated carbocycles. The number of carbonyl (C=O) groups is 18. The van der Waals surface area contributed by atoms with Gasteiger partial charge in [-0.2, -0.15) is 80.9 Å². The van der Waals surface area contributed by atoms with Crippen LogP contribution in [0.3, 0.4) is 0 Å². The number of hydroxylamine groups is 12. The Balaban J connectivity index is 0.000000213. The minimum atomic E-state index is -4.85. The summed E-state index contributed by atoms with van der Waals surface area (Å²) in [5.74, 6) is -4.60. The molecule has 64 nitrogen and oxygen atoms in total. The van der Waals surface area contributed by atoms with Crippen molar-refractivity contribution in [2.75, 3.05) is 113 Å². The zero-order valence-electron chi connectivity index (χ0n) is 78.8. The number of benzene rings is 1. The van der Waals surface area contributed by atoms with Crippen molar-refractivity contribution in [3.63, 3.8) is 0 Å². The standard InChI is InChI=1S/C16H20N4O7S.C13H21N3O7S.C12H20N4O7S.C12H19N3O7S.C11H18N4O7S.C11H17N3O8S/c17-14(10-4-2-1-3-5-10)13(21)8-18-15(22)12-7-6-11-9-19(12)16(23)20(11)27-28(24,25)26;1-3-8(2)11(17)6-14-12(18)10-5-4-9-7-15(10)13(19)16(9)23-24(20,21)22;1-14(2)7-9(17)5-13-11(18)10-4-3-8-6-15(10)12(19)16(8)23-24(20,21)22;1-2-3-9(16)6-13-11(17)10-5-4-8-7-14(10)12(18)15(8)22-23(19,20)21;1-6(12)9(16)4-13-10(17)8-3-2-7-5-14(8)11(18)15(7)22-23(19,20)21;1-21-6-8(15)4-12-10(16)9-3-2-7-5-13(9)11(17)14(7)22-23(18,19)20/h1-5,11-12,14H,6-9,17H2,(H,18,22)(H,24,25,26);8-10H,3-7H2,1-2H3,(H,14,18)(H,20,21,22);8,10H,3-7H2,1-2H3,(H,13,18)(H,20,21,22);8,10H,2-7H2,1H3,(H,13,17)(H,19,20,21);6-8H,2-5,12H2,1H3,(H,13,17)(H,19,20,21);7,9H,2-6H2,1H3,(H,12,16)(H,18,19,20)/t11-,12+,14?;8?,9-,10+;2*8-,10+;6-,7-,8+;7-,9+/m111111/s1. The fraction of sp³-hybridized carbons (Fsp3) is 0.680. The van der Waals surface area contributed by atoms with E-state index in [4.69, 9.17) is 38.8 Å². The van der Waals surface area contributed by atoms with Crippen molar-refractivity contribution < 1.29 is 195 Å². The topological polar surface area (TPSA) is 864 Å². The summed E-state index contributed by atoms with van der Waals surface area (Å²) in [6.07, 6.45) is 5.43. The number of likely N-dealkylation sites (N-methyl/N-ethyl adjacent to an activating group) is 1. The molecule has 0 aliphatic carbocycles. The molecule has 0 spiro atoms.